The van der Waals surface area contributed by atoms with Crippen molar-refractivity contribution in [3.63, 3.8) is 0 Å². The zero-order valence-electron chi connectivity index (χ0n) is 11.2. The number of nitrogens with zero attached hydrogens (tertiary/aromatic N) is 2. The summed E-state index contributed by atoms with van der Waals surface area (Å²) in [5.41, 5.74) is 1.17. The smallest absolute Gasteiger partial charge is 0.0940 e. The van der Waals surface area contributed by atoms with Crippen LogP contribution in [-0.4, -0.2) is 41.6 Å². The summed E-state index contributed by atoms with van der Waals surface area (Å²) in [4.78, 5) is 7.16. The number of nitrogens with one attached hydrogen (secondary N) is 1. The fourth-order valence-electron chi connectivity index (χ4n) is 2.75. The Hall–Kier alpha value is -0.450. The van der Waals surface area contributed by atoms with E-state index in [4.69, 9.17) is 0 Å². The van der Waals surface area contributed by atoms with Gasteiger partial charge in [-0.1, -0.05) is 0 Å². The molecule has 0 bridgehead atoms. The van der Waals surface area contributed by atoms with Crippen LogP contribution in [0, 0.1) is 6.92 Å². The number of rotatable bonds is 5. The molecular weight excluding hydrogens is 242 g/mol. The van der Waals surface area contributed by atoms with Gasteiger partial charge < -0.3 is 10.2 Å². The maximum absolute atomic E-state index is 4.55. The van der Waals surface area contributed by atoms with Crippen LogP contribution in [0.25, 0.3) is 0 Å². The molecule has 1 N–H and O–H groups in total. The first-order valence-electron chi connectivity index (χ1n) is 7.19. The van der Waals surface area contributed by atoms with Gasteiger partial charge in [0.05, 0.1) is 5.01 Å². The summed E-state index contributed by atoms with van der Waals surface area (Å²) in [6.07, 6.45) is 6.63. The van der Waals surface area contributed by atoms with E-state index in [0.29, 0.717) is 0 Å². The van der Waals surface area contributed by atoms with E-state index in [1.54, 1.807) is 11.3 Å². The van der Waals surface area contributed by atoms with Crippen LogP contribution in [0.1, 0.15) is 36.4 Å². The first-order chi connectivity index (χ1) is 8.79. The van der Waals surface area contributed by atoms with Crippen LogP contribution in [0.15, 0.2) is 5.38 Å². The third kappa shape index (κ3) is 3.53. The third-order valence-corrected chi connectivity index (χ3v) is 4.89. The summed E-state index contributed by atoms with van der Waals surface area (Å²) in [5, 5.41) is 7.22. The summed E-state index contributed by atoms with van der Waals surface area (Å²) in [6, 6.07) is 1.58. The number of aromatic nitrogens is 1. The van der Waals surface area contributed by atoms with E-state index in [-0.39, 0.29) is 0 Å². The number of hydrogen-bond acceptors (Lipinski definition) is 4. The maximum atomic E-state index is 4.55. The van der Waals surface area contributed by atoms with Gasteiger partial charge >= 0.3 is 0 Å². The van der Waals surface area contributed by atoms with Gasteiger partial charge in [0, 0.05) is 42.7 Å². The fourth-order valence-corrected chi connectivity index (χ4v) is 3.51. The number of thiazole rings is 1. The van der Waals surface area contributed by atoms with E-state index in [1.807, 2.05) is 0 Å². The number of likely N-dealkylation sites (tertiary alicyclic amines) is 1. The van der Waals surface area contributed by atoms with E-state index in [9.17, 15) is 0 Å². The average Bonchev–Trinajstić information content (AvgIpc) is 3.08. The summed E-state index contributed by atoms with van der Waals surface area (Å²) < 4.78 is 0. The molecule has 0 aromatic carbocycles. The molecular formula is C14H23N3S. The summed E-state index contributed by atoms with van der Waals surface area (Å²) in [7, 11) is 0. The van der Waals surface area contributed by atoms with Crippen molar-refractivity contribution in [2.24, 2.45) is 0 Å². The van der Waals surface area contributed by atoms with Gasteiger partial charge in [0.1, 0.15) is 0 Å². The van der Waals surface area contributed by atoms with Crippen molar-refractivity contribution in [3.05, 3.63) is 16.1 Å². The number of hydrogen-bond donors (Lipinski definition) is 1. The van der Waals surface area contributed by atoms with Gasteiger partial charge in [-0.25, -0.2) is 4.98 Å². The standard InChI is InChI=1S/C14H23N3S/c1-11-10-18-14(15-11)6-8-17-7-2-3-13(9-17)16-12-4-5-12/h10,12-13,16H,2-9H2,1H3. The topological polar surface area (TPSA) is 28.2 Å². The van der Waals surface area contributed by atoms with Crippen molar-refractivity contribution in [3.8, 4) is 0 Å². The Bertz CT molecular complexity index is 386. The van der Waals surface area contributed by atoms with Gasteiger partial charge in [-0.3, -0.25) is 0 Å². The van der Waals surface area contributed by atoms with Crippen LogP contribution >= 0.6 is 11.3 Å². The van der Waals surface area contributed by atoms with E-state index >= 15 is 0 Å². The highest BCUT2D eigenvalue weighted by Crippen LogP contribution is 2.22. The SMILES string of the molecule is Cc1csc(CCN2CCCC(NC3CC3)C2)n1. The lowest BCUT2D eigenvalue weighted by Crippen LogP contribution is -2.46. The van der Waals surface area contributed by atoms with Crippen LogP contribution < -0.4 is 5.32 Å². The van der Waals surface area contributed by atoms with Crippen LogP contribution in [0.3, 0.4) is 0 Å². The fraction of sp³-hybridized carbons (Fsp3) is 0.786. The Balaban J connectivity index is 1.43. The molecule has 1 atom stereocenters. The molecule has 100 valence electrons. The van der Waals surface area contributed by atoms with Crippen molar-refractivity contribution in [1.29, 1.82) is 0 Å². The molecule has 2 fully saturated rings. The van der Waals surface area contributed by atoms with Gasteiger partial charge in [0.15, 0.2) is 0 Å². The third-order valence-electron chi connectivity index (χ3n) is 3.86. The molecule has 2 aliphatic rings. The quantitative estimate of drug-likeness (QED) is 0.885. The Labute approximate surface area is 114 Å². The summed E-state index contributed by atoms with van der Waals surface area (Å²) in [6.45, 7) is 5.76. The number of aryl methyl sites for hydroxylation is 1. The minimum atomic E-state index is 0.740. The molecule has 1 aromatic rings. The van der Waals surface area contributed by atoms with Gasteiger partial charge in [0.2, 0.25) is 0 Å². The molecule has 0 radical (unpaired) electrons. The highest BCUT2D eigenvalue weighted by Gasteiger charge is 2.27. The largest absolute Gasteiger partial charge is 0.310 e. The molecule has 4 heteroatoms. The summed E-state index contributed by atoms with van der Waals surface area (Å²) >= 11 is 1.81. The molecule has 1 aliphatic carbocycles. The Morgan fingerprint density at radius 3 is 3.00 bits per heavy atom. The predicted octanol–water partition coefficient (Wildman–Crippen LogP) is 2.21. The minimum Gasteiger partial charge on any atom is -0.310 e. The lowest BCUT2D eigenvalue weighted by Gasteiger charge is -2.33. The lowest BCUT2D eigenvalue weighted by atomic mass is 10.1. The summed E-state index contributed by atoms with van der Waals surface area (Å²) in [5.74, 6) is 0. The van der Waals surface area contributed by atoms with Crippen LogP contribution in [0.4, 0.5) is 0 Å². The predicted molar refractivity (Wildman–Crippen MR) is 76.2 cm³/mol. The molecule has 3 rings (SSSR count). The molecule has 0 amide bonds. The Morgan fingerprint density at radius 1 is 1.39 bits per heavy atom. The van der Waals surface area contributed by atoms with Crippen LogP contribution in [0.2, 0.25) is 0 Å². The van der Waals surface area contributed by atoms with Gasteiger partial charge in [0.25, 0.3) is 0 Å². The van der Waals surface area contributed by atoms with Crippen molar-refractivity contribution in [2.75, 3.05) is 19.6 Å². The average molecular weight is 265 g/mol. The van der Waals surface area contributed by atoms with Crippen molar-refractivity contribution in [2.45, 2.75) is 51.1 Å². The first kappa shape index (κ1) is 12.6. The Kier molecular flexibility index (Phi) is 3.97. The molecule has 18 heavy (non-hydrogen) atoms. The molecule has 1 unspecified atom stereocenters. The zero-order valence-corrected chi connectivity index (χ0v) is 12.0. The van der Waals surface area contributed by atoms with E-state index < -0.39 is 0 Å². The number of piperidine rings is 1. The molecule has 1 aromatic heterocycles. The Morgan fingerprint density at radius 2 is 2.28 bits per heavy atom. The highest BCUT2D eigenvalue weighted by atomic mass is 32.1. The second kappa shape index (κ2) is 5.68. The van der Waals surface area contributed by atoms with Gasteiger partial charge in [-0.05, 0) is 39.2 Å². The molecule has 3 nitrogen and oxygen atoms in total. The maximum Gasteiger partial charge on any atom is 0.0940 e. The van der Waals surface area contributed by atoms with Crippen LogP contribution in [-0.2, 0) is 6.42 Å². The molecule has 1 saturated carbocycles. The normalized spacial score (nSPS) is 25.5. The lowest BCUT2D eigenvalue weighted by molar-refractivity contribution is 0.191. The molecule has 0 spiro atoms. The van der Waals surface area contributed by atoms with E-state index in [0.717, 1.165) is 18.5 Å². The van der Waals surface area contributed by atoms with E-state index in [2.05, 4.69) is 27.5 Å². The second-order valence-corrected chi connectivity index (χ2v) is 6.66. The van der Waals surface area contributed by atoms with Crippen molar-refractivity contribution < 1.29 is 0 Å². The van der Waals surface area contributed by atoms with Crippen molar-refractivity contribution >= 4 is 11.3 Å². The van der Waals surface area contributed by atoms with Gasteiger partial charge in [-0.2, -0.15) is 0 Å². The molecule has 2 heterocycles. The zero-order chi connectivity index (χ0) is 12.4. The van der Waals surface area contributed by atoms with E-state index in [1.165, 1.54) is 56.0 Å². The van der Waals surface area contributed by atoms with Crippen molar-refractivity contribution in [1.82, 2.24) is 15.2 Å². The molecule has 1 aliphatic heterocycles. The minimum absolute atomic E-state index is 0.740. The first-order valence-corrected chi connectivity index (χ1v) is 8.07. The molecule has 1 saturated heterocycles. The monoisotopic (exact) mass is 265 g/mol. The van der Waals surface area contributed by atoms with Crippen LogP contribution in [0.5, 0.6) is 0 Å². The highest BCUT2D eigenvalue weighted by molar-refractivity contribution is 7.09. The van der Waals surface area contributed by atoms with Gasteiger partial charge in [-0.15, -0.1) is 11.3 Å². The second-order valence-electron chi connectivity index (χ2n) is 5.71.